The van der Waals surface area contributed by atoms with Crippen molar-refractivity contribution in [1.29, 1.82) is 0 Å². The molecular formula is C25H38N2O3. The molecule has 2 aliphatic heterocycles. The fourth-order valence-corrected chi connectivity index (χ4v) is 4.46. The third-order valence-electron chi connectivity index (χ3n) is 6.38. The number of nitrogens with zero attached hydrogens (tertiary/aromatic N) is 2. The molecule has 2 heterocycles. The Labute approximate surface area is 181 Å². The number of carbonyl (C=O) groups is 2. The Hall–Kier alpha value is -2.04. The van der Waals surface area contributed by atoms with Gasteiger partial charge < -0.3 is 14.5 Å². The molecule has 5 heteroatoms. The maximum absolute atomic E-state index is 13.0. The second-order valence-corrected chi connectivity index (χ2v) is 10.0. The molecule has 2 saturated heterocycles. The number of hydrogen-bond acceptors (Lipinski definition) is 3. The van der Waals surface area contributed by atoms with Gasteiger partial charge in [0.05, 0.1) is 0 Å². The molecule has 0 saturated carbocycles. The second kappa shape index (κ2) is 9.84. The molecule has 0 bridgehead atoms. The number of ether oxygens (including phenoxy) is 1. The van der Waals surface area contributed by atoms with Crippen molar-refractivity contribution in [2.24, 2.45) is 11.8 Å². The lowest BCUT2D eigenvalue weighted by molar-refractivity contribution is -0.138. The van der Waals surface area contributed by atoms with Gasteiger partial charge in [-0.05, 0) is 77.7 Å². The van der Waals surface area contributed by atoms with Gasteiger partial charge in [-0.15, -0.1) is 0 Å². The average molecular weight is 415 g/mol. The van der Waals surface area contributed by atoms with Gasteiger partial charge in [0.25, 0.3) is 0 Å². The summed E-state index contributed by atoms with van der Waals surface area (Å²) in [6.07, 6.45) is 5.77. The minimum absolute atomic E-state index is 0.0489. The van der Waals surface area contributed by atoms with Crippen LogP contribution >= 0.6 is 0 Å². The predicted octanol–water partition coefficient (Wildman–Crippen LogP) is 4.81. The SMILES string of the molecule is Cc1ccc(CCC2CCN(C(=O)C3CCN(C(=O)OC(C)(C)C)CC3)CC2)cc1. The van der Waals surface area contributed by atoms with Crippen molar-refractivity contribution in [3.8, 4) is 0 Å². The molecule has 2 fully saturated rings. The van der Waals surface area contributed by atoms with Crippen LogP contribution in [-0.2, 0) is 16.0 Å². The molecule has 0 unspecified atom stereocenters. The molecule has 0 aromatic heterocycles. The first-order valence-electron chi connectivity index (χ1n) is 11.5. The summed E-state index contributed by atoms with van der Waals surface area (Å²) in [7, 11) is 0. The Morgan fingerprint density at radius 2 is 1.50 bits per heavy atom. The van der Waals surface area contributed by atoms with Gasteiger partial charge in [-0.2, -0.15) is 0 Å². The van der Waals surface area contributed by atoms with Crippen molar-refractivity contribution in [2.45, 2.75) is 71.8 Å². The molecule has 30 heavy (non-hydrogen) atoms. The number of carbonyl (C=O) groups excluding carboxylic acids is 2. The normalized spacial score (nSPS) is 19.1. The van der Waals surface area contributed by atoms with Gasteiger partial charge in [0.1, 0.15) is 5.60 Å². The third kappa shape index (κ3) is 6.48. The minimum Gasteiger partial charge on any atom is -0.444 e. The quantitative estimate of drug-likeness (QED) is 0.710. The lowest BCUT2D eigenvalue weighted by Crippen LogP contribution is -2.47. The Kier molecular flexibility index (Phi) is 7.43. The van der Waals surface area contributed by atoms with Gasteiger partial charge in [0.15, 0.2) is 0 Å². The van der Waals surface area contributed by atoms with Crippen LogP contribution in [0.15, 0.2) is 24.3 Å². The zero-order valence-corrected chi connectivity index (χ0v) is 19.2. The number of rotatable bonds is 4. The summed E-state index contributed by atoms with van der Waals surface area (Å²) in [4.78, 5) is 29.0. The summed E-state index contributed by atoms with van der Waals surface area (Å²) in [5, 5.41) is 0. The number of piperidine rings is 2. The van der Waals surface area contributed by atoms with E-state index in [4.69, 9.17) is 4.74 Å². The van der Waals surface area contributed by atoms with Gasteiger partial charge in [-0.25, -0.2) is 4.79 Å². The smallest absolute Gasteiger partial charge is 0.410 e. The average Bonchev–Trinajstić information content (AvgIpc) is 2.72. The Bertz CT molecular complexity index is 707. The van der Waals surface area contributed by atoms with Crippen molar-refractivity contribution in [3.63, 3.8) is 0 Å². The van der Waals surface area contributed by atoms with E-state index in [2.05, 4.69) is 36.1 Å². The lowest BCUT2D eigenvalue weighted by Gasteiger charge is -2.37. The molecule has 2 amide bonds. The topological polar surface area (TPSA) is 49.9 Å². The molecule has 2 aliphatic rings. The highest BCUT2D eigenvalue weighted by molar-refractivity contribution is 5.79. The highest BCUT2D eigenvalue weighted by Gasteiger charge is 2.33. The monoisotopic (exact) mass is 414 g/mol. The number of hydrogen-bond donors (Lipinski definition) is 0. The van der Waals surface area contributed by atoms with Gasteiger partial charge >= 0.3 is 6.09 Å². The van der Waals surface area contributed by atoms with Crippen molar-refractivity contribution in [1.82, 2.24) is 9.80 Å². The summed E-state index contributed by atoms with van der Waals surface area (Å²) in [5.74, 6) is 1.05. The third-order valence-corrected chi connectivity index (χ3v) is 6.38. The molecular weight excluding hydrogens is 376 g/mol. The van der Waals surface area contributed by atoms with E-state index in [1.807, 2.05) is 20.8 Å². The predicted molar refractivity (Wildman–Crippen MR) is 119 cm³/mol. The van der Waals surface area contributed by atoms with Crippen molar-refractivity contribution < 1.29 is 14.3 Å². The number of amides is 2. The summed E-state index contributed by atoms with van der Waals surface area (Å²) in [6.45, 7) is 10.7. The molecule has 3 rings (SSSR count). The number of aryl methyl sites for hydroxylation is 2. The molecule has 0 radical (unpaired) electrons. The first-order valence-corrected chi connectivity index (χ1v) is 11.5. The fraction of sp³-hybridized carbons (Fsp3) is 0.680. The second-order valence-electron chi connectivity index (χ2n) is 10.0. The zero-order valence-electron chi connectivity index (χ0n) is 19.2. The summed E-state index contributed by atoms with van der Waals surface area (Å²) in [5.41, 5.74) is 2.24. The van der Waals surface area contributed by atoms with Gasteiger partial charge in [0, 0.05) is 32.1 Å². The highest BCUT2D eigenvalue weighted by Crippen LogP contribution is 2.27. The summed E-state index contributed by atoms with van der Waals surface area (Å²) < 4.78 is 5.45. The van der Waals surface area contributed by atoms with Gasteiger partial charge in [-0.1, -0.05) is 29.8 Å². The molecule has 1 aromatic carbocycles. The molecule has 0 atom stereocenters. The van der Waals surface area contributed by atoms with Gasteiger partial charge in [0.2, 0.25) is 5.91 Å². The molecule has 166 valence electrons. The zero-order chi connectivity index (χ0) is 21.7. The Balaban J connectivity index is 1.38. The van der Waals surface area contributed by atoms with Crippen molar-refractivity contribution >= 4 is 12.0 Å². The van der Waals surface area contributed by atoms with Crippen LogP contribution in [-0.4, -0.2) is 53.6 Å². The fourth-order valence-electron chi connectivity index (χ4n) is 4.46. The van der Waals surface area contributed by atoms with E-state index in [0.29, 0.717) is 19.0 Å². The van der Waals surface area contributed by atoms with Crippen LogP contribution in [0.4, 0.5) is 4.79 Å². The summed E-state index contributed by atoms with van der Waals surface area (Å²) >= 11 is 0. The first kappa shape index (κ1) is 22.6. The minimum atomic E-state index is -0.479. The molecule has 0 aliphatic carbocycles. The van der Waals surface area contributed by atoms with Crippen LogP contribution in [0, 0.1) is 18.8 Å². The standard InChI is InChI=1S/C25H38N2O3/c1-19-5-7-20(8-6-19)9-10-21-11-15-26(16-12-21)23(28)22-13-17-27(18-14-22)24(29)30-25(2,3)4/h5-8,21-22H,9-18H2,1-4H3. The van der Waals surface area contributed by atoms with E-state index >= 15 is 0 Å². The van der Waals surface area contributed by atoms with Crippen molar-refractivity contribution in [3.05, 3.63) is 35.4 Å². The lowest BCUT2D eigenvalue weighted by atomic mass is 9.89. The largest absolute Gasteiger partial charge is 0.444 e. The highest BCUT2D eigenvalue weighted by atomic mass is 16.6. The Morgan fingerprint density at radius 1 is 0.933 bits per heavy atom. The molecule has 0 N–H and O–H groups in total. The molecule has 5 nitrogen and oxygen atoms in total. The van der Waals surface area contributed by atoms with E-state index < -0.39 is 5.60 Å². The van der Waals surface area contributed by atoms with Crippen molar-refractivity contribution in [2.75, 3.05) is 26.2 Å². The van der Waals surface area contributed by atoms with Crippen LogP contribution in [0.5, 0.6) is 0 Å². The maximum Gasteiger partial charge on any atom is 0.410 e. The van der Waals surface area contributed by atoms with Crippen LogP contribution in [0.3, 0.4) is 0 Å². The van der Waals surface area contributed by atoms with E-state index in [1.165, 1.54) is 17.5 Å². The van der Waals surface area contributed by atoms with Crippen LogP contribution < -0.4 is 0 Å². The number of likely N-dealkylation sites (tertiary alicyclic amines) is 2. The summed E-state index contributed by atoms with van der Waals surface area (Å²) in [6, 6.07) is 8.84. The van der Waals surface area contributed by atoms with E-state index in [-0.39, 0.29) is 17.9 Å². The van der Waals surface area contributed by atoms with Gasteiger partial charge in [-0.3, -0.25) is 4.79 Å². The first-order chi connectivity index (χ1) is 14.2. The van der Waals surface area contributed by atoms with Crippen LogP contribution in [0.1, 0.15) is 64.0 Å². The van der Waals surface area contributed by atoms with E-state index in [9.17, 15) is 9.59 Å². The number of benzene rings is 1. The maximum atomic E-state index is 13.0. The molecule has 0 spiro atoms. The van der Waals surface area contributed by atoms with Crippen LogP contribution in [0.2, 0.25) is 0 Å². The van der Waals surface area contributed by atoms with E-state index in [0.717, 1.165) is 45.2 Å². The Morgan fingerprint density at radius 3 is 2.07 bits per heavy atom. The molecule has 1 aromatic rings. The van der Waals surface area contributed by atoms with Crippen LogP contribution in [0.25, 0.3) is 0 Å². The van der Waals surface area contributed by atoms with E-state index in [1.54, 1.807) is 4.90 Å².